The highest BCUT2D eigenvalue weighted by Crippen LogP contribution is 2.27. The largest absolute Gasteiger partial charge is 0.440 e. The molecule has 2 aromatic heterocycles. The lowest BCUT2D eigenvalue weighted by atomic mass is 10.3. The normalized spacial score (nSPS) is 10.9. The Morgan fingerprint density at radius 2 is 2.24 bits per heavy atom. The molecule has 92 valence electrons. The number of hydrogen-bond acceptors (Lipinski definition) is 5. The monoisotopic (exact) mass is 251 g/mol. The molecule has 0 saturated heterocycles. The molecule has 2 aromatic rings. The van der Waals surface area contributed by atoms with Gasteiger partial charge in [0.1, 0.15) is 0 Å². The molecule has 0 aliphatic rings. The van der Waals surface area contributed by atoms with Gasteiger partial charge in [0.05, 0.1) is 22.3 Å². The number of nitrogens with zero attached hydrogens (tertiary/aromatic N) is 2. The van der Waals surface area contributed by atoms with E-state index in [2.05, 4.69) is 22.2 Å². The van der Waals surface area contributed by atoms with Crippen molar-refractivity contribution in [1.82, 2.24) is 15.3 Å². The first-order chi connectivity index (χ1) is 8.31. The fourth-order valence-electron chi connectivity index (χ4n) is 1.57. The lowest BCUT2D eigenvalue weighted by Gasteiger charge is -1.99. The average Bonchev–Trinajstić information content (AvgIpc) is 2.93. The van der Waals surface area contributed by atoms with Crippen LogP contribution in [0.25, 0.3) is 10.6 Å². The van der Waals surface area contributed by atoms with Gasteiger partial charge in [0, 0.05) is 13.0 Å². The molecule has 2 heterocycles. The van der Waals surface area contributed by atoms with Gasteiger partial charge in [0.2, 0.25) is 0 Å². The third-order valence-corrected chi connectivity index (χ3v) is 3.41. The Hall–Kier alpha value is -1.20. The molecular formula is C12H17N3OS. The van der Waals surface area contributed by atoms with E-state index < -0.39 is 0 Å². The molecule has 0 saturated carbocycles. The second kappa shape index (κ2) is 5.93. The van der Waals surface area contributed by atoms with Gasteiger partial charge in [-0.2, -0.15) is 0 Å². The highest BCUT2D eigenvalue weighted by atomic mass is 32.1. The van der Waals surface area contributed by atoms with Gasteiger partial charge in [-0.3, -0.25) is 0 Å². The quantitative estimate of drug-likeness (QED) is 0.802. The summed E-state index contributed by atoms with van der Waals surface area (Å²) in [6.45, 7) is 6.09. The summed E-state index contributed by atoms with van der Waals surface area (Å²) in [6.07, 6.45) is 3.77. The molecule has 0 aliphatic carbocycles. The fourth-order valence-corrected chi connectivity index (χ4v) is 2.32. The number of rotatable bonds is 6. The van der Waals surface area contributed by atoms with Crippen LogP contribution in [0.15, 0.2) is 16.1 Å². The second-order valence-electron chi connectivity index (χ2n) is 3.89. The van der Waals surface area contributed by atoms with Crippen LogP contribution in [0.4, 0.5) is 0 Å². The Morgan fingerprint density at radius 3 is 2.94 bits per heavy atom. The highest BCUT2D eigenvalue weighted by Gasteiger charge is 2.10. The van der Waals surface area contributed by atoms with Crippen molar-refractivity contribution < 1.29 is 4.42 Å². The maximum Gasteiger partial charge on any atom is 0.196 e. The predicted octanol–water partition coefficient (Wildman–Crippen LogP) is 2.65. The molecule has 0 aromatic carbocycles. The van der Waals surface area contributed by atoms with Crippen molar-refractivity contribution in [1.29, 1.82) is 0 Å². The number of hydrogen-bond donors (Lipinski definition) is 1. The maximum atomic E-state index is 5.71. The Bertz CT molecular complexity index is 464. The molecule has 0 fully saturated rings. The van der Waals surface area contributed by atoms with Crippen molar-refractivity contribution >= 4 is 11.3 Å². The first-order valence-corrected chi connectivity index (χ1v) is 6.75. The Labute approximate surface area is 105 Å². The van der Waals surface area contributed by atoms with E-state index in [1.165, 1.54) is 0 Å². The third kappa shape index (κ3) is 3.14. The summed E-state index contributed by atoms with van der Waals surface area (Å²) in [7, 11) is 0. The average molecular weight is 251 g/mol. The first-order valence-electron chi connectivity index (χ1n) is 5.87. The SMILES string of the molecule is CCCNCCc1ncc(-c2scnc2C)o1. The van der Waals surface area contributed by atoms with Gasteiger partial charge in [-0.25, -0.2) is 9.97 Å². The van der Waals surface area contributed by atoms with Gasteiger partial charge < -0.3 is 9.73 Å². The maximum absolute atomic E-state index is 5.71. The van der Waals surface area contributed by atoms with Crippen LogP contribution in [0.1, 0.15) is 24.9 Å². The lowest BCUT2D eigenvalue weighted by molar-refractivity contribution is 0.495. The molecule has 0 spiro atoms. The van der Waals surface area contributed by atoms with E-state index in [-0.39, 0.29) is 0 Å². The Balaban J connectivity index is 1.95. The summed E-state index contributed by atoms with van der Waals surface area (Å²) >= 11 is 1.59. The number of oxazole rings is 1. The number of thiazole rings is 1. The van der Waals surface area contributed by atoms with E-state index in [1.807, 2.05) is 12.4 Å². The van der Waals surface area contributed by atoms with Gasteiger partial charge in [0.15, 0.2) is 11.7 Å². The molecule has 5 heteroatoms. The minimum atomic E-state index is 0.788. The van der Waals surface area contributed by atoms with Crippen molar-refractivity contribution in [2.45, 2.75) is 26.7 Å². The minimum absolute atomic E-state index is 0.788. The molecule has 0 bridgehead atoms. The first kappa shape index (κ1) is 12.3. The highest BCUT2D eigenvalue weighted by molar-refractivity contribution is 7.13. The van der Waals surface area contributed by atoms with Gasteiger partial charge >= 0.3 is 0 Å². The molecule has 1 N–H and O–H groups in total. The van der Waals surface area contributed by atoms with Gasteiger partial charge in [-0.05, 0) is 19.9 Å². The number of aromatic nitrogens is 2. The van der Waals surface area contributed by atoms with Crippen molar-refractivity contribution in [3.05, 3.63) is 23.3 Å². The van der Waals surface area contributed by atoms with Gasteiger partial charge in [-0.15, -0.1) is 11.3 Å². The van der Waals surface area contributed by atoms with E-state index in [4.69, 9.17) is 4.42 Å². The van der Waals surface area contributed by atoms with E-state index in [9.17, 15) is 0 Å². The van der Waals surface area contributed by atoms with E-state index in [0.717, 1.165) is 48.2 Å². The lowest BCUT2D eigenvalue weighted by Crippen LogP contribution is -2.17. The summed E-state index contributed by atoms with van der Waals surface area (Å²) < 4.78 is 5.71. The number of aryl methyl sites for hydroxylation is 1. The fraction of sp³-hybridized carbons (Fsp3) is 0.500. The van der Waals surface area contributed by atoms with Crippen LogP contribution in [0.5, 0.6) is 0 Å². The number of nitrogens with one attached hydrogen (secondary N) is 1. The molecule has 2 rings (SSSR count). The Morgan fingerprint density at radius 1 is 1.35 bits per heavy atom. The van der Waals surface area contributed by atoms with Crippen LogP contribution < -0.4 is 5.32 Å². The summed E-state index contributed by atoms with van der Waals surface area (Å²) in [5, 5.41) is 3.33. The molecular weight excluding hydrogens is 234 g/mol. The summed E-state index contributed by atoms with van der Waals surface area (Å²) in [6, 6.07) is 0. The zero-order valence-corrected chi connectivity index (χ0v) is 11.0. The molecule has 0 atom stereocenters. The van der Waals surface area contributed by atoms with Gasteiger partial charge in [0.25, 0.3) is 0 Å². The zero-order chi connectivity index (χ0) is 12.1. The van der Waals surface area contributed by atoms with Crippen molar-refractivity contribution in [3.8, 4) is 10.6 Å². The molecule has 0 amide bonds. The van der Waals surface area contributed by atoms with Crippen molar-refractivity contribution in [2.75, 3.05) is 13.1 Å². The molecule has 0 aliphatic heterocycles. The van der Waals surface area contributed by atoms with E-state index in [0.29, 0.717) is 0 Å². The van der Waals surface area contributed by atoms with Crippen molar-refractivity contribution in [3.63, 3.8) is 0 Å². The van der Waals surface area contributed by atoms with Crippen LogP contribution in [0, 0.1) is 6.92 Å². The third-order valence-electron chi connectivity index (χ3n) is 2.47. The van der Waals surface area contributed by atoms with Crippen molar-refractivity contribution in [2.24, 2.45) is 0 Å². The van der Waals surface area contributed by atoms with Crippen LogP contribution in [0.2, 0.25) is 0 Å². The summed E-state index contributed by atoms with van der Waals surface area (Å²) in [5.41, 5.74) is 2.83. The standard InChI is InChI=1S/C12H17N3OS/c1-3-5-13-6-4-11-14-7-10(16-11)12-9(2)15-8-17-12/h7-8,13H,3-6H2,1-2H3. The minimum Gasteiger partial charge on any atom is -0.440 e. The van der Waals surface area contributed by atoms with Crippen LogP contribution in [-0.4, -0.2) is 23.1 Å². The van der Waals surface area contributed by atoms with Crippen LogP contribution in [0.3, 0.4) is 0 Å². The van der Waals surface area contributed by atoms with Gasteiger partial charge in [-0.1, -0.05) is 6.92 Å². The zero-order valence-electron chi connectivity index (χ0n) is 10.2. The molecule has 0 unspecified atom stereocenters. The Kier molecular flexibility index (Phi) is 4.28. The van der Waals surface area contributed by atoms with Crippen LogP contribution in [-0.2, 0) is 6.42 Å². The summed E-state index contributed by atoms with van der Waals surface area (Å²) in [5.74, 6) is 1.62. The molecule has 0 radical (unpaired) electrons. The van der Waals surface area contributed by atoms with E-state index >= 15 is 0 Å². The molecule has 4 nitrogen and oxygen atoms in total. The predicted molar refractivity (Wildman–Crippen MR) is 69.2 cm³/mol. The topological polar surface area (TPSA) is 51.0 Å². The smallest absolute Gasteiger partial charge is 0.196 e. The van der Waals surface area contributed by atoms with Crippen LogP contribution >= 0.6 is 11.3 Å². The molecule has 17 heavy (non-hydrogen) atoms. The second-order valence-corrected chi connectivity index (χ2v) is 4.74. The van der Waals surface area contributed by atoms with E-state index in [1.54, 1.807) is 17.5 Å². The summed E-state index contributed by atoms with van der Waals surface area (Å²) in [4.78, 5) is 9.56.